The molecule has 4 rings (SSSR count). The van der Waals surface area contributed by atoms with Crippen LogP contribution in [0.1, 0.15) is 11.1 Å². The fraction of sp³-hybridized carbons (Fsp3) is 0.300. The summed E-state index contributed by atoms with van der Waals surface area (Å²) in [4.78, 5) is 28.3. The predicted molar refractivity (Wildman–Crippen MR) is 101 cm³/mol. The van der Waals surface area contributed by atoms with Crippen LogP contribution in [0.4, 0.5) is 16.2 Å². The van der Waals surface area contributed by atoms with E-state index in [9.17, 15) is 9.59 Å². The van der Waals surface area contributed by atoms with E-state index in [0.717, 1.165) is 22.5 Å². The molecule has 0 aliphatic carbocycles. The molecule has 0 unspecified atom stereocenters. The maximum atomic E-state index is 12.7. The molecule has 2 aromatic carbocycles. The molecule has 1 saturated heterocycles. The number of nitrogens with one attached hydrogen (secondary N) is 1. The fourth-order valence-electron chi connectivity index (χ4n) is 3.34. The van der Waals surface area contributed by atoms with Gasteiger partial charge >= 0.3 is 6.03 Å². The van der Waals surface area contributed by atoms with Gasteiger partial charge in [0.2, 0.25) is 12.7 Å². The molecule has 2 aliphatic heterocycles. The first-order valence-corrected chi connectivity index (χ1v) is 8.84. The number of urea groups is 1. The van der Waals surface area contributed by atoms with Crippen LogP contribution in [0, 0.1) is 13.8 Å². The first-order chi connectivity index (χ1) is 13.0. The van der Waals surface area contributed by atoms with E-state index in [4.69, 9.17) is 9.47 Å². The van der Waals surface area contributed by atoms with E-state index in [2.05, 4.69) is 5.32 Å². The van der Waals surface area contributed by atoms with Gasteiger partial charge in [-0.2, -0.15) is 0 Å². The van der Waals surface area contributed by atoms with Gasteiger partial charge in [-0.25, -0.2) is 4.79 Å². The van der Waals surface area contributed by atoms with Gasteiger partial charge in [0, 0.05) is 30.5 Å². The van der Waals surface area contributed by atoms with Crippen LogP contribution >= 0.6 is 0 Å². The number of carbonyl (C=O) groups excluding carboxylic acids is 2. The van der Waals surface area contributed by atoms with Crippen LogP contribution in [0.25, 0.3) is 0 Å². The van der Waals surface area contributed by atoms with E-state index >= 15 is 0 Å². The minimum Gasteiger partial charge on any atom is -0.454 e. The first kappa shape index (κ1) is 17.2. The molecule has 0 radical (unpaired) electrons. The summed E-state index contributed by atoms with van der Waals surface area (Å²) in [5.74, 6) is 1.10. The van der Waals surface area contributed by atoms with Crippen LogP contribution < -0.4 is 19.7 Å². The van der Waals surface area contributed by atoms with Crippen LogP contribution in [0.15, 0.2) is 36.4 Å². The Morgan fingerprint density at radius 1 is 1.07 bits per heavy atom. The summed E-state index contributed by atoms with van der Waals surface area (Å²) < 4.78 is 10.7. The Kier molecular flexibility index (Phi) is 4.35. The van der Waals surface area contributed by atoms with Gasteiger partial charge in [-0.15, -0.1) is 0 Å². The molecule has 2 aliphatic rings. The van der Waals surface area contributed by atoms with Crippen molar-refractivity contribution in [2.75, 3.05) is 36.6 Å². The highest BCUT2D eigenvalue weighted by Gasteiger charge is 2.31. The average molecular weight is 367 g/mol. The van der Waals surface area contributed by atoms with E-state index in [0.29, 0.717) is 24.6 Å². The molecule has 3 amide bonds. The molecule has 0 bridgehead atoms. The molecule has 0 atom stereocenters. The molecule has 140 valence electrons. The van der Waals surface area contributed by atoms with Gasteiger partial charge in [0.25, 0.3) is 0 Å². The summed E-state index contributed by atoms with van der Waals surface area (Å²) in [6, 6.07) is 11.1. The summed E-state index contributed by atoms with van der Waals surface area (Å²) in [6.07, 6.45) is 0. The van der Waals surface area contributed by atoms with Crippen molar-refractivity contribution in [3.63, 3.8) is 0 Å². The predicted octanol–water partition coefficient (Wildman–Crippen LogP) is 2.91. The van der Waals surface area contributed by atoms with Crippen LogP contribution in [0.3, 0.4) is 0 Å². The second-order valence-corrected chi connectivity index (χ2v) is 6.76. The second-order valence-electron chi connectivity index (χ2n) is 6.76. The number of hydrogen-bond acceptors (Lipinski definition) is 4. The summed E-state index contributed by atoms with van der Waals surface area (Å²) >= 11 is 0. The lowest BCUT2D eigenvalue weighted by Crippen LogP contribution is -2.37. The first-order valence-electron chi connectivity index (χ1n) is 8.84. The van der Waals surface area contributed by atoms with E-state index in [1.54, 1.807) is 21.9 Å². The molecule has 7 nitrogen and oxygen atoms in total. The lowest BCUT2D eigenvalue weighted by molar-refractivity contribution is -0.116. The van der Waals surface area contributed by atoms with Crippen LogP contribution in [-0.4, -0.2) is 43.3 Å². The number of hydrogen-bond donors (Lipinski definition) is 1. The van der Waals surface area contributed by atoms with Gasteiger partial charge < -0.3 is 19.7 Å². The van der Waals surface area contributed by atoms with Crippen molar-refractivity contribution >= 4 is 23.3 Å². The van der Waals surface area contributed by atoms with Crippen molar-refractivity contribution in [1.82, 2.24) is 4.90 Å². The third kappa shape index (κ3) is 3.40. The number of rotatable bonds is 4. The molecule has 1 fully saturated rings. The normalized spacial score (nSPS) is 15.4. The minimum atomic E-state index is -0.206. The lowest BCUT2D eigenvalue weighted by Gasteiger charge is -2.19. The smallest absolute Gasteiger partial charge is 0.325 e. The molecule has 0 aromatic heterocycles. The summed E-state index contributed by atoms with van der Waals surface area (Å²) in [6.45, 7) is 5.19. The van der Waals surface area contributed by atoms with E-state index in [1.165, 1.54) is 0 Å². The number of fused-ring (bicyclic) bond motifs is 1. The maximum absolute atomic E-state index is 12.7. The summed E-state index contributed by atoms with van der Waals surface area (Å²) in [5, 5.41) is 2.89. The summed E-state index contributed by atoms with van der Waals surface area (Å²) in [5.41, 5.74) is 3.64. The van der Waals surface area contributed by atoms with Crippen LogP contribution in [0.5, 0.6) is 11.5 Å². The molecule has 27 heavy (non-hydrogen) atoms. The lowest BCUT2D eigenvalue weighted by atomic mass is 10.1. The monoisotopic (exact) mass is 367 g/mol. The van der Waals surface area contributed by atoms with Crippen molar-refractivity contribution in [2.24, 2.45) is 0 Å². The molecule has 2 aromatic rings. The van der Waals surface area contributed by atoms with Gasteiger partial charge in [-0.1, -0.05) is 17.7 Å². The topological polar surface area (TPSA) is 71.1 Å². The van der Waals surface area contributed by atoms with Crippen LogP contribution in [0.2, 0.25) is 0 Å². The number of anilines is 2. The number of amides is 3. The SMILES string of the molecule is Cc1ccc(NC(=O)CN2CCN(c3ccc4c(c3)OCO4)C2=O)c(C)c1. The van der Waals surface area contributed by atoms with Crippen molar-refractivity contribution in [2.45, 2.75) is 13.8 Å². The number of nitrogens with zero attached hydrogens (tertiary/aromatic N) is 2. The van der Waals surface area contributed by atoms with Crippen molar-refractivity contribution in [1.29, 1.82) is 0 Å². The molecule has 1 N–H and O–H groups in total. The summed E-state index contributed by atoms with van der Waals surface area (Å²) in [7, 11) is 0. The Morgan fingerprint density at radius 2 is 1.89 bits per heavy atom. The second kappa shape index (κ2) is 6.83. The Hall–Kier alpha value is -3.22. The van der Waals surface area contributed by atoms with Gasteiger partial charge in [-0.05, 0) is 37.6 Å². The zero-order chi connectivity index (χ0) is 19.0. The van der Waals surface area contributed by atoms with Gasteiger partial charge in [0.1, 0.15) is 6.54 Å². The zero-order valence-electron chi connectivity index (χ0n) is 15.3. The quantitative estimate of drug-likeness (QED) is 0.902. The van der Waals surface area contributed by atoms with Crippen molar-refractivity contribution < 1.29 is 19.1 Å². The molecule has 0 spiro atoms. The fourth-order valence-corrected chi connectivity index (χ4v) is 3.34. The zero-order valence-corrected chi connectivity index (χ0v) is 15.3. The van der Waals surface area contributed by atoms with Gasteiger partial charge in [-0.3, -0.25) is 9.69 Å². The van der Waals surface area contributed by atoms with Crippen LogP contribution in [-0.2, 0) is 4.79 Å². The number of ether oxygens (including phenoxy) is 2. The highest BCUT2D eigenvalue weighted by atomic mass is 16.7. The van der Waals surface area contributed by atoms with Crippen molar-refractivity contribution in [3.05, 3.63) is 47.5 Å². The number of benzene rings is 2. The molecule has 7 heteroatoms. The van der Waals surface area contributed by atoms with E-state index < -0.39 is 0 Å². The Morgan fingerprint density at radius 3 is 2.70 bits per heavy atom. The average Bonchev–Trinajstić information content (AvgIpc) is 3.24. The van der Waals surface area contributed by atoms with Crippen molar-refractivity contribution in [3.8, 4) is 11.5 Å². The molecular formula is C20H21N3O4. The Balaban J connectivity index is 1.40. The minimum absolute atomic E-state index is 0.0210. The third-order valence-electron chi connectivity index (χ3n) is 4.75. The number of aryl methyl sites for hydroxylation is 2. The third-order valence-corrected chi connectivity index (χ3v) is 4.75. The standard InChI is InChI=1S/C20H21N3O4/c1-13-3-5-16(14(2)9-13)21-19(24)11-22-7-8-23(20(22)25)15-4-6-17-18(10-15)27-12-26-17/h3-6,9-10H,7-8,11-12H2,1-2H3,(H,21,24). The maximum Gasteiger partial charge on any atom is 0.325 e. The van der Waals surface area contributed by atoms with E-state index in [1.807, 2.05) is 38.1 Å². The van der Waals surface area contributed by atoms with Gasteiger partial charge in [0.15, 0.2) is 11.5 Å². The molecule has 0 saturated carbocycles. The largest absolute Gasteiger partial charge is 0.454 e. The van der Waals surface area contributed by atoms with E-state index in [-0.39, 0.29) is 25.3 Å². The highest BCUT2D eigenvalue weighted by Crippen LogP contribution is 2.36. The Labute approximate surface area is 157 Å². The number of carbonyl (C=O) groups is 2. The highest BCUT2D eigenvalue weighted by molar-refractivity contribution is 5.99. The Bertz CT molecular complexity index is 912. The molecular weight excluding hydrogens is 346 g/mol. The molecule has 2 heterocycles. The van der Waals surface area contributed by atoms with Gasteiger partial charge in [0.05, 0.1) is 0 Å².